The SMILES string of the molecule is CCCCCCCCCCCCC(C)N(C(C)O)C(C)O. The van der Waals surface area contributed by atoms with E-state index >= 15 is 0 Å². The Morgan fingerprint density at radius 3 is 1.43 bits per heavy atom. The fourth-order valence-corrected chi connectivity index (χ4v) is 3.13. The Kier molecular flexibility index (Phi) is 13.5. The van der Waals surface area contributed by atoms with Gasteiger partial charge in [0.05, 0.1) is 0 Å². The molecule has 0 rings (SSSR count). The lowest BCUT2D eigenvalue weighted by Crippen LogP contribution is -2.46. The molecule has 3 heteroatoms. The molecule has 0 spiro atoms. The van der Waals surface area contributed by atoms with Crippen molar-refractivity contribution >= 4 is 0 Å². The summed E-state index contributed by atoms with van der Waals surface area (Å²) in [7, 11) is 0. The van der Waals surface area contributed by atoms with Gasteiger partial charge in [-0.15, -0.1) is 0 Å². The molecule has 0 aliphatic heterocycles. The van der Waals surface area contributed by atoms with Gasteiger partial charge in [-0.05, 0) is 27.2 Å². The summed E-state index contributed by atoms with van der Waals surface area (Å²) in [6.07, 6.45) is 13.3. The van der Waals surface area contributed by atoms with Gasteiger partial charge in [0, 0.05) is 6.04 Å². The molecule has 0 aromatic heterocycles. The second kappa shape index (κ2) is 13.5. The van der Waals surface area contributed by atoms with E-state index in [1.54, 1.807) is 18.7 Å². The zero-order valence-electron chi connectivity index (χ0n) is 14.9. The van der Waals surface area contributed by atoms with Gasteiger partial charge in [-0.25, -0.2) is 0 Å². The van der Waals surface area contributed by atoms with E-state index in [4.69, 9.17) is 0 Å². The van der Waals surface area contributed by atoms with Crippen molar-refractivity contribution < 1.29 is 10.2 Å². The first-order valence-corrected chi connectivity index (χ1v) is 9.14. The topological polar surface area (TPSA) is 43.7 Å². The lowest BCUT2D eigenvalue weighted by Gasteiger charge is -2.34. The van der Waals surface area contributed by atoms with Crippen LogP contribution in [0, 0.1) is 0 Å². The summed E-state index contributed by atoms with van der Waals surface area (Å²) in [5.74, 6) is 0. The summed E-state index contributed by atoms with van der Waals surface area (Å²) in [4.78, 5) is 1.77. The molecule has 0 aliphatic carbocycles. The first-order valence-electron chi connectivity index (χ1n) is 9.14. The molecule has 0 amide bonds. The predicted octanol–water partition coefficient (Wildman–Crippen LogP) is 4.66. The van der Waals surface area contributed by atoms with E-state index in [1.807, 2.05) is 0 Å². The second-order valence-electron chi connectivity index (χ2n) is 6.53. The highest BCUT2D eigenvalue weighted by Crippen LogP contribution is 2.16. The van der Waals surface area contributed by atoms with E-state index < -0.39 is 12.5 Å². The number of hydrogen-bond acceptors (Lipinski definition) is 3. The summed E-state index contributed by atoms with van der Waals surface area (Å²) >= 11 is 0. The Labute approximate surface area is 132 Å². The molecular formula is C18H39NO2. The van der Waals surface area contributed by atoms with Crippen molar-refractivity contribution in [1.82, 2.24) is 4.90 Å². The average molecular weight is 302 g/mol. The Morgan fingerprint density at radius 1 is 0.667 bits per heavy atom. The van der Waals surface area contributed by atoms with E-state index in [2.05, 4.69) is 13.8 Å². The summed E-state index contributed by atoms with van der Waals surface area (Å²) in [6.45, 7) is 7.80. The van der Waals surface area contributed by atoms with Gasteiger partial charge in [-0.1, -0.05) is 71.1 Å². The van der Waals surface area contributed by atoms with Crippen LogP contribution in [0.4, 0.5) is 0 Å². The molecule has 0 aliphatic rings. The second-order valence-corrected chi connectivity index (χ2v) is 6.53. The van der Waals surface area contributed by atoms with E-state index in [-0.39, 0.29) is 6.04 Å². The first-order chi connectivity index (χ1) is 10.0. The zero-order chi connectivity index (χ0) is 16.1. The summed E-state index contributed by atoms with van der Waals surface area (Å²) in [5.41, 5.74) is 0. The normalized spacial score (nSPS) is 16.1. The molecule has 0 saturated heterocycles. The van der Waals surface area contributed by atoms with Gasteiger partial charge < -0.3 is 10.2 Å². The Bertz CT molecular complexity index is 211. The fourth-order valence-electron chi connectivity index (χ4n) is 3.13. The van der Waals surface area contributed by atoms with E-state index in [1.165, 1.54) is 64.2 Å². The first kappa shape index (κ1) is 20.9. The smallest absolute Gasteiger partial charge is 0.106 e. The molecule has 3 unspecified atom stereocenters. The minimum absolute atomic E-state index is 0.235. The van der Waals surface area contributed by atoms with Gasteiger partial charge in [0.25, 0.3) is 0 Å². The molecule has 0 fully saturated rings. The highest BCUT2D eigenvalue weighted by Gasteiger charge is 2.21. The molecule has 3 atom stereocenters. The fraction of sp³-hybridized carbons (Fsp3) is 1.00. The average Bonchev–Trinajstić information content (AvgIpc) is 2.40. The third-order valence-corrected chi connectivity index (χ3v) is 4.35. The van der Waals surface area contributed by atoms with Crippen LogP contribution in [0.5, 0.6) is 0 Å². The molecule has 21 heavy (non-hydrogen) atoms. The lowest BCUT2D eigenvalue weighted by molar-refractivity contribution is -0.107. The van der Waals surface area contributed by atoms with Crippen molar-refractivity contribution in [1.29, 1.82) is 0 Å². The Hall–Kier alpha value is -0.120. The van der Waals surface area contributed by atoms with Gasteiger partial charge in [-0.3, -0.25) is 4.90 Å². The standard InChI is InChI=1S/C18H39NO2/c1-5-6-7-8-9-10-11-12-13-14-15-16(2)19(17(3)20)18(4)21/h16-18,20-21H,5-15H2,1-4H3. The molecule has 0 heterocycles. The molecule has 3 nitrogen and oxygen atoms in total. The summed E-state index contributed by atoms with van der Waals surface area (Å²) in [5, 5.41) is 19.4. The molecule has 0 aromatic carbocycles. The maximum atomic E-state index is 9.68. The van der Waals surface area contributed by atoms with E-state index in [9.17, 15) is 10.2 Å². The number of unbranched alkanes of at least 4 members (excludes halogenated alkanes) is 9. The Balaban J connectivity index is 3.49. The largest absolute Gasteiger partial charge is 0.379 e. The van der Waals surface area contributed by atoms with Crippen LogP contribution in [-0.2, 0) is 0 Å². The van der Waals surface area contributed by atoms with Crippen molar-refractivity contribution in [2.24, 2.45) is 0 Å². The highest BCUT2D eigenvalue weighted by molar-refractivity contribution is 4.69. The van der Waals surface area contributed by atoms with Crippen LogP contribution in [0.2, 0.25) is 0 Å². The third kappa shape index (κ3) is 11.1. The number of nitrogens with zero attached hydrogens (tertiary/aromatic N) is 1. The van der Waals surface area contributed by atoms with Crippen LogP contribution in [-0.4, -0.2) is 33.6 Å². The van der Waals surface area contributed by atoms with Crippen LogP contribution in [0.25, 0.3) is 0 Å². The van der Waals surface area contributed by atoms with E-state index in [0.717, 1.165) is 6.42 Å². The van der Waals surface area contributed by atoms with Crippen molar-refractivity contribution in [3.63, 3.8) is 0 Å². The predicted molar refractivity (Wildman–Crippen MR) is 91.1 cm³/mol. The van der Waals surface area contributed by atoms with Gasteiger partial charge in [0.15, 0.2) is 0 Å². The maximum Gasteiger partial charge on any atom is 0.106 e. The molecule has 0 radical (unpaired) electrons. The summed E-state index contributed by atoms with van der Waals surface area (Å²) in [6, 6.07) is 0.235. The molecule has 0 bridgehead atoms. The third-order valence-electron chi connectivity index (χ3n) is 4.35. The number of aliphatic hydroxyl groups is 2. The Morgan fingerprint density at radius 2 is 1.05 bits per heavy atom. The molecule has 2 N–H and O–H groups in total. The molecule has 0 aromatic rings. The monoisotopic (exact) mass is 301 g/mol. The van der Waals surface area contributed by atoms with Crippen molar-refractivity contribution in [2.45, 2.75) is 117 Å². The van der Waals surface area contributed by atoms with Crippen LogP contribution in [0.15, 0.2) is 0 Å². The van der Waals surface area contributed by atoms with Crippen LogP contribution >= 0.6 is 0 Å². The minimum Gasteiger partial charge on any atom is -0.379 e. The van der Waals surface area contributed by atoms with Gasteiger partial charge in [-0.2, -0.15) is 0 Å². The van der Waals surface area contributed by atoms with Crippen LogP contribution in [0.3, 0.4) is 0 Å². The van der Waals surface area contributed by atoms with Crippen molar-refractivity contribution in [3.05, 3.63) is 0 Å². The number of rotatable bonds is 14. The van der Waals surface area contributed by atoms with Crippen molar-refractivity contribution in [2.75, 3.05) is 0 Å². The molecule has 0 saturated carbocycles. The minimum atomic E-state index is -0.580. The van der Waals surface area contributed by atoms with E-state index in [0.29, 0.717) is 0 Å². The van der Waals surface area contributed by atoms with Gasteiger partial charge >= 0.3 is 0 Å². The zero-order valence-corrected chi connectivity index (χ0v) is 14.9. The lowest BCUT2D eigenvalue weighted by atomic mass is 10.0. The van der Waals surface area contributed by atoms with Crippen LogP contribution < -0.4 is 0 Å². The van der Waals surface area contributed by atoms with Crippen molar-refractivity contribution in [3.8, 4) is 0 Å². The maximum absolute atomic E-state index is 9.68. The van der Waals surface area contributed by atoms with Crippen LogP contribution in [0.1, 0.15) is 98.3 Å². The quantitative estimate of drug-likeness (QED) is 0.362. The number of hydrogen-bond donors (Lipinski definition) is 2. The van der Waals surface area contributed by atoms with Gasteiger partial charge in [0.2, 0.25) is 0 Å². The van der Waals surface area contributed by atoms with Gasteiger partial charge in [0.1, 0.15) is 12.5 Å². The summed E-state index contributed by atoms with van der Waals surface area (Å²) < 4.78 is 0. The molecular weight excluding hydrogens is 262 g/mol. The highest BCUT2D eigenvalue weighted by atomic mass is 16.3. The molecule has 128 valence electrons. The number of aliphatic hydroxyl groups excluding tert-OH is 2.